The highest BCUT2D eigenvalue weighted by Gasteiger charge is 2.48. The number of benzene rings is 8. The lowest BCUT2D eigenvalue weighted by molar-refractivity contribution is 0.549. The van der Waals surface area contributed by atoms with Gasteiger partial charge in [0.05, 0.1) is 0 Å². The summed E-state index contributed by atoms with van der Waals surface area (Å²) in [7, 11) is -5.62. The van der Waals surface area contributed by atoms with E-state index >= 15 is 0 Å². The van der Waals surface area contributed by atoms with Crippen LogP contribution in [-0.4, -0.2) is 12.3 Å². The van der Waals surface area contributed by atoms with Gasteiger partial charge in [-0.2, -0.15) is 0 Å². The van der Waals surface area contributed by atoms with Crippen molar-refractivity contribution in [1.29, 1.82) is 0 Å². The standard InChI is InChI=1S/C62H68P8/c1-2-4-6-8-10-36-54-64(56-39-21-12-22-40-56)66(58-43-25-14-26-44-58)68(60-47-29-16-30-48-60)70(62-51-33-18-34-52-62)69(61-49-31-17-32-50-61)67(59-45-27-15-28-46-59)65(57-41-23-13-24-42-57)63(53-35-9-7-5-3-1)55-37-19-11-20-38-55/h11-34,37-52H,1-10,35-36,53-54H2. The van der Waals surface area contributed by atoms with Crippen LogP contribution >= 0.6 is 59.0 Å². The van der Waals surface area contributed by atoms with Gasteiger partial charge in [0.2, 0.25) is 0 Å². The lowest BCUT2D eigenvalue weighted by Crippen LogP contribution is -2.16. The molecule has 0 aromatic heterocycles. The van der Waals surface area contributed by atoms with Crippen molar-refractivity contribution in [2.24, 2.45) is 0 Å². The highest BCUT2D eigenvalue weighted by molar-refractivity contribution is 9.03. The van der Waals surface area contributed by atoms with Crippen LogP contribution in [0, 0.1) is 0 Å². The third kappa shape index (κ3) is 14.1. The molecule has 0 aliphatic carbocycles. The largest absolute Gasteiger partial charge is 0.0622 e. The summed E-state index contributed by atoms with van der Waals surface area (Å²) in [6.45, 7) is 0. The highest BCUT2D eigenvalue weighted by atomic mass is 32.9. The van der Waals surface area contributed by atoms with Crippen molar-refractivity contribution in [3.63, 3.8) is 0 Å². The summed E-state index contributed by atoms with van der Waals surface area (Å²) >= 11 is 0. The molecule has 8 unspecified atom stereocenters. The van der Waals surface area contributed by atoms with Gasteiger partial charge in [0, 0.05) is 0 Å². The Hall–Kier alpha value is -2.80. The van der Waals surface area contributed by atoms with Gasteiger partial charge in [-0.15, -0.1) is 0 Å². The number of rotatable bonds is 8. The van der Waals surface area contributed by atoms with E-state index < -0.39 is 59.0 Å². The smallest absolute Gasteiger partial charge is 0.00564 e. The lowest BCUT2D eigenvalue weighted by atomic mass is 10.1. The van der Waals surface area contributed by atoms with Crippen LogP contribution in [-0.2, 0) is 0 Å². The minimum absolute atomic E-state index is 0.550. The Morgan fingerprint density at radius 3 is 0.529 bits per heavy atom. The minimum atomic E-state index is -0.808. The van der Waals surface area contributed by atoms with Gasteiger partial charge in [0.15, 0.2) is 0 Å². The second-order valence-electron chi connectivity index (χ2n) is 17.9. The van der Waals surface area contributed by atoms with Gasteiger partial charge in [-0.05, 0) is 127 Å². The Balaban J connectivity index is 1.36. The summed E-state index contributed by atoms with van der Waals surface area (Å²) in [6.07, 6.45) is 18.9. The summed E-state index contributed by atoms with van der Waals surface area (Å²) in [4.78, 5) is 0. The first-order valence-corrected chi connectivity index (χ1v) is 41.6. The molecule has 0 saturated carbocycles. The second kappa shape index (κ2) is 28.6. The minimum Gasteiger partial charge on any atom is -0.0622 e. The monoisotopic (exact) mass is 1060 g/mol. The molecule has 8 heteroatoms. The molecule has 0 bridgehead atoms. The molecule has 1 fully saturated rings. The van der Waals surface area contributed by atoms with Gasteiger partial charge in [0.25, 0.3) is 0 Å². The molecular formula is C62H68P8. The van der Waals surface area contributed by atoms with E-state index in [0.29, 0.717) is 0 Å². The van der Waals surface area contributed by atoms with E-state index in [1.54, 1.807) is 42.4 Å². The summed E-state index contributed by atoms with van der Waals surface area (Å²) in [6, 6.07) is 96.8. The maximum absolute atomic E-state index is 2.58. The molecule has 8 atom stereocenters. The van der Waals surface area contributed by atoms with Crippen molar-refractivity contribution in [2.45, 2.75) is 77.0 Å². The van der Waals surface area contributed by atoms with E-state index in [2.05, 4.69) is 243 Å². The van der Waals surface area contributed by atoms with E-state index in [-0.39, 0.29) is 0 Å². The van der Waals surface area contributed by atoms with Gasteiger partial charge in [-0.1, -0.05) is 307 Å². The Morgan fingerprint density at radius 1 is 0.157 bits per heavy atom. The van der Waals surface area contributed by atoms with E-state index in [1.807, 2.05) is 0 Å². The summed E-state index contributed by atoms with van der Waals surface area (Å²) in [5.41, 5.74) is 0. The van der Waals surface area contributed by atoms with Crippen molar-refractivity contribution >= 4 is 101 Å². The van der Waals surface area contributed by atoms with E-state index in [9.17, 15) is 0 Å². The first-order chi connectivity index (χ1) is 34.8. The molecule has 1 saturated heterocycles. The van der Waals surface area contributed by atoms with Crippen LogP contribution in [0.5, 0.6) is 0 Å². The molecule has 8 aromatic rings. The molecular weight excluding hydrogens is 992 g/mol. The second-order valence-corrected chi connectivity index (χ2v) is 51.0. The maximum Gasteiger partial charge on any atom is -0.00564 e. The Bertz CT molecular complexity index is 2460. The first kappa shape index (κ1) is 52.1. The van der Waals surface area contributed by atoms with Crippen LogP contribution < -0.4 is 42.4 Å². The van der Waals surface area contributed by atoms with Crippen molar-refractivity contribution in [3.05, 3.63) is 243 Å². The van der Waals surface area contributed by atoms with Gasteiger partial charge >= 0.3 is 0 Å². The van der Waals surface area contributed by atoms with Gasteiger partial charge < -0.3 is 0 Å². The fraction of sp³-hybridized carbons (Fsp3) is 0.226. The third-order valence-electron chi connectivity index (χ3n) is 12.9. The lowest BCUT2D eigenvalue weighted by Gasteiger charge is -2.48. The molecule has 1 aliphatic heterocycles. The molecule has 1 heterocycles. The number of hydrogen-bond donors (Lipinski definition) is 0. The van der Waals surface area contributed by atoms with Crippen LogP contribution in [0.3, 0.4) is 0 Å². The first-order valence-electron chi connectivity index (χ1n) is 25.6. The van der Waals surface area contributed by atoms with Gasteiger partial charge in [0.1, 0.15) is 0 Å². The highest BCUT2D eigenvalue weighted by Crippen LogP contribution is 3.10. The van der Waals surface area contributed by atoms with E-state index in [1.165, 1.54) is 89.4 Å². The Morgan fingerprint density at radius 2 is 0.314 bits per heavy atom. The normalized spacial score (nSPS) is 23.8. The van der Waals surface area contributed by atoms with E-state index in [4.69, 9.17) is 0 Å². The van der Waals surface area contributed by atoms with Crippen LogP contribution in [0.4, 0.5) is 0 Å². The fourth-order valence-corrected chi connectivity index (χ4v) is 91.1. The van der Waals surface area contributed by atoms with Crippen molar-refractivity contribution in [1.82, 2.24) is 0 Å². The predicted octanol–water partition coefficient (Wildman–Crippen LogP) is 18.5. The van der Waals surface area contributed by atoms with Crippen LogP contribution in [0.1, 0.15) is 77.0 Å². The zero-order valence-electron chi connectivity index (χ0n) is 40.6. The maximum atomic E-state index is 2.58. The van der Waals surface area contributed by atoms with Gasteiger partial charge in [-0.3, -0.25) is 0 Å². The molecule has 9 rings (SSSR count). The van der Waals surface area contributed by atoms with Crippen molar-refractivity contribution < 1.29 is 0 Å². The zero-order chi connectivity index (χ0) is 47.4. The molecule has 0 nitrogen and oxygen atoms in total. The fourth-order valence-electron chi connectivity index (χ4n) is 9.42. The topological polar surface area (TPSA) is 0 Å². The SMILES string of the molecule is c1ccc(P2CCCCCCCCCCCCCCP(c3ccccc3)P(c3ccccc3)P(c3ccccc3)P(c3ccccc3)P(c3ccccc3)P(c3ccccc3)P2c2ccccc2)cc1. The molecule has 70 heavy (non-hydrogen) atoms. The van der Waals surface area contributed by atoms with Crippen LogP contribution in [0.2, 0.25) is 0 Å². The van der Waals surface area contributed by atoms with Crippen LogP contribution in [0.15, 0.2) is 243 Å². The molecule has 1 aliphatic rings. The molecule has 0 N–H and O–H groups in total. The zero-order valence-corrected chi connectivity index (χ0v) is 47.7. The summed E-state index contributed by atoms with van der Waals surface area (Å²) in [5, 5.41) is 12.8. The predicted molar refractivity (Wildman–Crippen MR) is 329 cm³/mol. The van der Waals surface area contributed by atoms with Crippen molar-refractivity contribution in [3.8, 4) is 0 Å². The molecule has 8 aromatic carbocycles. The average Bonchev–Trinajstić information content (AvgIpc) is 3.44. The Kier molecular flexibility index (Phi) is 21.3. The van der Waals surface area contributed by atoms with Crippen LogP contribution in [0.25, 0.3) is 0 Å². The quantitative estimate of drug-likeness (QED) is 0.133. The summed E-state index contributed by atoms with van der Waals surface area (Å²) < 4.78 is 0. The average molecular weight is 1060 g/mol. The summed E-state index contributed by atoms with van der Waals surface area (Å²) in [5.74, 6) is 0. The molecule has 0 radical (unpaired) electrons. The molecule has 356 valence electrons. The van der Waals surface area contributed by atoms with Gasteiger partial charge in [-0.25, -0.2) is 0 Å². The third-order valence-corrected chi connectivity index (χ3v) is 68.8. The van der Waals surface area contributed by atoms with E-state index in [0.717, 1.165) is 0 Å². The van der Waals surface area contributed by atoms with Crippen molar-refractivity contribution in [2.75, 3.05) is 12.3 Å². The Labute approximate surface area is 430 Å². The molecule has 0 amide bonds. The molecule has 0 spiro atoms. The number of hydrogen-bond acceptors (Lipinski definition) is 0.